The summed E-state index contributed by atoms with van der Waals surface area (Å²) in [6, 6.07) is 3.79. The van der Waals surface area contributed by atoms with Crippen molar-refractivity contribution in [2.75, 3.05) is 6.54 Å². The molecule has 7 nitrogen and oxygen atoms in total. The van der Waals surface area contributed by atoms with Gasteiger partial charge in [0, 0.05) is 0 Å². The Hall–Kier alpha value is -2.57. The molecule has 0 unspecified atom stereocenters. The second-order valence-corrected chi connectivity index (χ2v) is 8.87. The summed E-state index contributed by atoms with van der Waals surface area (Å²) in [7, 11) is 0. The van der Waals surface area contributed by atoms with E-state index in [-0.39, 0.29) is 29.5 Å². The number of hydrogen-bond donors (Lipinski definition) is 2. The number of phenols is 1. The van der Waals surface area contributed by atoms with Gasteiger partial charge in [0.05, 0.1) is 13.0 Å². The second kappa shape index (κ2) is 8.63. The minimum atomic E-state index is -1.18. The van der Waals surface area contributed by atoms with Crippen LogP contribution < -0.4 is 5.73 Å². The number of carbonyl (C=O) groups is 3. The molecule has 0 fully saturated rings. The normalized spacial score (nSPS) is 11.8. The van der Waals surface area contributed by atoms with E-state index in [0.717, 1.165) is 16.7 Å². The highest BCUT2D eigenvalue weighted by Gasteiger charge is 2.27. The Morgan fingerprint density at radius 1 is 1.04 bits per heavy atom. The topological polar surface area (TPSA) is 110 Å². The summed E-state index contributed by atoms with van der Waals surface area (Å²) in [6.07, 6.45) is 0.383. The summed E-state index contributed by atoms with van der Waals surface area (Å²) in [6.45, 7) is 13.7. The largest absolute Gasteiger partial charge is 0.507 e. The molecule has 0 aliphatic heterocycles. The minimum absolute atomic E-state index is 0.0144. The number of phenolic OH excluding ortho intramolecular Hbond substituents is 1. The molecule has 0 heterocycles. The van der Waals surface area contributed by atoms with Gasteiger partial charge in [0.25, 0.3) is 0 Å². The van der Waals surface area contributed by atoms with Crippen LogP contribution in [0.4, 0.5) is 0 Å². The number of rotatable bonds is 4. The van der Waals surface area contributed by atoms with Crippen LogP contribution in [-0.4, -0.2) is 34.5 Å². The number of hydroxylamine groups is 2. The van der Waals surface area contributed by atoms with Gasteiger partial charge in [-0.15, -0.1) is 0 Å². The summed E-state index contributed by atoms with van der Waals surface area (Å²) >= 11 is 0. The monoisotopic (exact) mass is 392 g/mol. The van der Waals surface area contributed by atoms with E-state index in [1.54, 1.807) is 6.92 Å². The Morgan fingerprint density at radius 2 is 1.50 bits per heavy atom. The molecule has 7 heteroatoms. The van der Waals surface area contributed by atoms with Gasteiger partial charge < -0.3 is 15.7 Å². The molecular weight excluding hydrogens is 360 g/mol. The number of primary amides is 1. The number of carbonyl (C=O) groups excluding carboxylic acids is 3. The first kappa shape index (κ1) is 23.5. The van der Waals surface area contributed by atoms with Gasteiger partial charge in [-0.1, -0.05) is 53.7 Å². The summed E-state index contributed by atoms with van der Waals surface area (Å²) < 4.78 is 0. The molecule has 156 valence electrons. The zero-order chi connectivity index (χ0) is 21.9. The fraction of sp³-hybridized carbons (Fsp3) is 0.571. The van der Waals surface area contributed by atoms with E-state index in [4.69, 9.17) is 10.6 Å². The van der Waals surface area contributed by atoms with Crippen LogP contribution in [0.3, 0.4) is 0 Å². The highest BCUT2D eigenvalue weighted by Crippen LogP contribution is 2.39. The van der Waals surface area contributed by atoms with Crippen LogP contribution in [0.25, 0.3) is 0 Å². The van der Waals surface area contributed by atoms with Crippen LogP contribution in [0.2, 0.25) is 0 Å². The molecule has 0 aliphatic rings. The molecule has 0 saturated carbocycles. The lowest BCUT2D eigenvalue weighted by molar-refractivity contribution is -0.197. The van der Waals surface area contributed by atoms with Crippen molar-refractivity contribution in [3.8, 4) is 5.75 Å². The first-order chi connectivity index (χ1) is 12.7. The molecule has 0 aromatic heterocycles. The zero-order valence-corrected chi connectivity index (χ0v) is 17.9. The molecule has 0 saturated heterocycles. The number of aryl methyl sites for hydroxylation is 1. The number of aromatic hydroxyl groups is 1. The third-order valence-electron chi connectivity index (χ3n) is 4.34. The minimum Gasteiger partial charge on any atom is -0.507 e. The first-order valence-electron chi connectivity index (χ1n) is 9.37. The summed E-state index contributed by atoms with van der Waals surface area (Å²) in [5.74, 6) is -2.61. The third kappa shape index (κ3) is 5.97. The summed E-state index contributed by atoms with van der Waals surface area (Å²) in [5, 5.41) is 11.4. The van der Waals surface area contributed by atoms with Crippen molar-refractivity contribution in [2.24, 2.45) is 5.73 Å². The fourth-order valence-electron chi connectivity index (χ4n) is 2.77. The number of amides is 2. The lowest BCUT2D eigenvalue weighted by Gasteiger charge is -2.28. The van der Waals surface area contributed by atoms with Crippen molar-refractivity contribution in [3.63, 3.8) is 0 Å². The molecule has 1 aromatic carbocycles. The average molecular weight is 392 g/mol. The van der Waals surface area contributed by atoms with E-state index >= 15 is 0 Å². The fourth-order valence-corrected chi connectivity index (χ4v) is 2.77. The van der Waals surface area contributed by atoms with Crippen LogP contribution >= 0.6 is 0 Å². The van der Waals surface area contributed by atoms with E-state index in [2.05, 4.69) is 0 Å². The van der Waals surface area contributed by atoms with Crippen molar-refractivity contribution < 1.29 is 24.3 Å². The van der Waals surface area contributed by atoms with Crippen molar-refractivity contribution in [1.82, 2.24) is 5.06 Å². The quantitative estimate of drug-likeness (QED) is 0.605. The van der Waals surface area contributed by atoms with Crippen molar-refractivity contribution in [1.29, 1.82) is 0 Å². The maximum absolute atomic E-state index is 12.1. The molecular formula is C21H32N2O5. The lowest BCUT2D eigenvalue weighted by Crippen LogP contribution is -2.41. The molecule has 28 heavy (non-hydrogen) atoms. The highest BCUT2D eigenvalue weighted by atomic mass is 16.7. The second-order valence-electron chi connectivity index (χ2n) is 8.87. The molecule has 0 atom stereocenters. The van der Waals surface area contributed by atoms with E-state index in [9.17, 15) is 19.5 Å². The number of nitrogens with two attached hydrogens (primary N) is 1. The Kier molecular flexibility index (Phi) is 7.23. The number of likely N-dealkylation sites (N-methyl/N-ethyl adjacent to an activating group) is 1. The molecule has 0 spiro atoms. The van der Waals surface area contributed by atoms with Gasteiger partial charge in [0.2, 0.25) is 0 Å². The van der Waals surface area contributed by atoms with Crippen LogP contribution in [0.5, 0.6) is 5.75 Å². The highest BCUT2D eigenvalue weighted by molar-refractivity contribution is 6.34. The van der Waals surface area contributed by atoms with E-state index in [0.29, 0.717) is 11.5 Å². The molecule has 1 aromatic rings. The van der Waals surface area contributed by atoms with Crippen molar-refractivity contribution >= 4 is 17.8 Å². The molecule has 0 radical (unpaired) electrons. The van der Waals surface area contributed by atoms with Gasteiger partial charge in [-0.2, -0.15) is 5.06 Å². The van der Waals surface area contributed by atoms with Crippen molar-refractivity contribution in [3.05, 3.63) is 28.8 Å². The Labute approximate surface area is 166 Å². The number of hydrogen-bond acceptors (Lipinski definition) is 5. The number of nitrogens with zero attached hydrogens (tertiary/aromatic N) is 1. The van der Waals surface area contributed by atoms with Gasteiger partial charge >= 0.3 is 17.8 Å². The molecule has 3 N–H and O–H groups in total. The van der Waals surface area contributed by atoms with E-state index < -0.39 is 17.8 Å². The van der Waals surface area contributed by atoms with E-state index in [1.165, 1.54) is 0 Å². The Balaban J connectivity index is 3.05. The summed E-state index contributed by atoms with van der Waals surface area (Å²) in [5.41, 5.74) is 6.90. The van der Waals surface area contributed by atoms with Gasteiger partial charge in [-0.25, -0.2) is 4.79 Å². The Bertz CT molecular complexity index is 722. The lowest BCUT2D eigenvalue weighted by atomic mass is 9.78. The van der Waals surface area contributed by atoms with Gasteiger partial charge in [-0.3, -0.25) is 9.59 Å². The Morgan fingerprint density at radius 3 is 1.86 bits per heavy atom. The average Bonchev–Trinajstić information content (AvgIpc) is 2.55. The standard InChI is InChI=1S/C21H32N2O5/c1-8-23(19(27)18(22)26)28-16(24)10-9-13-11-14(20(2,3)4)17(25)15(12-13)21(5,6)7/h11-12,25H,8-10H2,1-7H3,(H2,22,26). The maximum Gasteiger partial charge on any atom is 0.344 e. The van der Waals surface area contributed by atoms with Crippen LogP contribution in [0.15, 0.2) is 12.1 Å². The maximum atomic E-state index is 12.1. The predicted molar refractivity (Wildman–Crippen MR) is 107 cm³/mol. The SMILES string of the molecule is CCN(OC(=O)CCc1cc(C(C)(C)C)c(O)c(C(C)(C)C)c1)C(=O)C(N)=O. The molecule has 1 rings (SSSR count). The van der Waals surface area contributed by atoms with Crippen LogP contribution in [-0.2, 0) is 36.5 Å². The van der Waals surface area contributed by atoms with Gasteiger partial charge in [0.15, 0.2) is 0 Å². The predicted octanol–water partition coefficient (Wildman–Crippen LogP) is 2.71. The van der Waals surface area contributed by atoms with Crippen LogP contribution in [0.1, 0.15) is 71.6 Å². The number of benzene rings is 1. The summed E-state index contributed by atoms with van der Waals surface area (Å²) in [4.78, 5) is 39.6. The van der Waals surface area contributed by atoms with Gasteiger partial charge in [0.1, 0.15) is 5.75 Å². The molecule has 0 aliphatic carbocycles. The molecule has 0 bridgehead atoms. The zero-order valence-electron chi connectivity index (χ0n) is 17.9. The molecule has 2 amide bonds. The van der Waals surface area contributed by atoms with Gasteiger partial charge in [-0.05, 0) is 40.9 Å². The third-order valence-corrected chi connectivity index (χ3v) is 4.34. The van der Waals surface area contributed by atoms with Crippen LogP contribution in [0, 0.1) is 0 Å². The van der Waals surface area contributed by atoms with Crippen molar-refractivity contribution in [2.45, 2.75) is 72.1 Å². The first-order valence-corrected chi connectivity index (χ1v) is 9.37. The van der Waals surface area contributed by atoms with E-state index in [1.807, 2.05) is 53.7 Å². The smallest absolute Gasteiger partial charge is 0.344 e.